The van der Waals surface area contributed by atoms with Gasteiger partial charge in [-0.15, -0.1) is 0 Å². The second-order valence-corrected chi connectivity index (χ2v) is 6.70. The van der Waals surface area contributed by atoms with Gasteiger partial charge in [-0.2, -0.15) is 0 Å². The molecule has 2 aromatic carbocycles. The highest BCUT2D eigenvalue weighted by Crippen LogP contribution is 2.29. The standard InChI is InChI=1S/C19H19N3OS/c1-3-22(15-9-5-4-6-10-15)19(23)14(2)24-18-16-11-7-8-12-17(16)20-13-21-18/h4-14H,3H2,1-2H3. The van der Waals surface area contributed by atoms with Crippen molar-refractivity contribution in [3.05, 3.63) is 60.9 Å². The third kappa shape index (κ3) is 3.41. The summed E-state index contributed by atoms with van der Waals surface area (Å²) in [5.41, 5.74) is 1.81. The Hall–Kier alpha value is -2.40. The minimum absolute atomic E-state index is 0.0800. The Balaban J connectivity index is 1.83. The fourth-order valence-electron chi connectivity index (χ4n) is 2.58. The van der Waals surface area contributed by atoms with Crippen LogP contribution < -0.4 is 4.90 Å². The van der Waals surface area contributed by atoms with E-state index in [4.69, 9.17) is 0 Å². The minimum Gasteiger partial charge on any atom is -0.312 e. The van der Waals surface area contributed by atoms with Gasteiger partial charge in [0.2, 0.25) is 5.91 Å². The lowest BCUT2D eigenvalue weighted by molar-refractivity contribution is -0.117. The number of benzene rings is 2. The summed E-state index contributed by atoms with van der Waals surface area (Å²) in [6, 6.07) is 17.6. The molecule has 1 unspecified atom stereocenters. The molecule has 0 spiro atoms. The van der Waals surface area contributed by atoms with Crippen LogP contribution in [0.1, 0.15) is 13.8 Å². The summed E-state index contributed by atoms with van der Waals surface area (Å²) in [5, 5.41) is 1.58. The summed E-state index contributed by atoms with van der Waals surface area (Å²) in [4.78, 5) is 23.3. The van der Waals surface area contributed by atoms with Gasteiger partial charge < -0.3 is 4.90 Å². The van der Waals surface area contributed by atoms with Gasteiger partial charge in [0.05, 0.1) is 10.8 Å². The molecule has 3 aromatic rings. The van der Waals surface area contributed by atoms with Crippen LogP contribution in [0.25, 0.3) is 10.9 Å². The van der Waals surface area contributed by atoms with E-state index in [1.54, 1.807) is 11.2 Å². The number of anilines is 1. The van der Waals surface area contributed by atoms with E-state index in [1.807, 2.05) is 68.4 Å². The van der Waals surface area contributed by atoms with E-state index in [-0.39, 0.29) is 11.2 Å². The Morgan fingerprint density at radius 2 is 1.79 bits per heavy atom. The van der Waals surface area contributed by atoms with E-state index in [1.165, 1.54) is 11.8 Å². The molecule has 0 bridgehead atoms. The molecular weight excluding hydrogens is 318 g/mol. The zero-order valence-corrected chi connectivity index (χ0v) is 14.5. The average Bonchev–Trinajstić information content (AvgIpc) is 2.63. The van der Waals surface area contributed by atoms with Crippen LogP contribution in [0.2, 0.25) is 0 Å². The van der Waals surface area contributed by atoms with Crippen molar-refractivity contribution in [2.75, 3.05) is 11.4 Å². The molecule has 122 valence electrons. The van der Waals surface area contributed by atoms with Crippen LogP contribution in [0.5, 0.6) is 0 Å². The van der Waals surface area contributed by atoms with Crippen molar-refractivity contribution in [2.24, 2.45) is 0 Å². The number of amides is 1. The number of fused-ring (bicyclic) bond motifs is 1. The van der Waals surface area contributed by atoms with E-state index in [0.29, 0.717) is 6.54 Å². The number of aromatic nitrogens is 2. The monoisotopic (exact) mass is 337 g/mol. The van der Waals surface area contributed by atoms with Crippen molar-refractivity contribution in [3.8, 4) is 0 Å². The molecule has 0 aliphatic heterocycles. The average molecular weight is 337 g/mol. The van der Waals surface area contributed by atoms with Crippen LogP contribution in [0, 0.1) is 0 Å². The number of carbonyl (C=O) groups excluding carboxylic acids is 1. The van der Waals surface area contributed by atoms with Crippen molar-refractivity contribution < 1.29 is 4.79 Å². The molecule has 0 radical (unpaired) electrons. The molecule has 0 fully saturated rings. The Morgan fingerprint density at radius 3 is 2.54 bits per heavy atom. The van der Waals surface area contributed by atoms with Gasteiger partial charge in [-0.3, -0.25) is 4.79 Å². The highest BCUT2D eigenvalue weighted by Gasteiger charge is 2.22. The molecule has 0 aliphatic carbocycles. The Kier molecular flexibility index (Phi) is 5.11. The first kappa shape index (κ1) is 16.5. The largest absolute Gasteiger partial charge is 0.312 e. The van der Waals surface area contributed by atoms with E-state index in [2.05, 4.69) is 9.97 Å². The molecule has 1 heterocycles. The molecule has 1 aromatic heterocycles. The fourth-order valence-corrected chi connectivity index (χ4v) is 3.56. The Morgan fingerprint density at radius 1 is 1.08 bits per heavy atom. The SMILES string of the molecule is CCN(C(=O)C(C)Sc1ncnc2ccccc12)c1ccccc1. The number of nitrogens with zero attached hydrogens (tertiary/aromatic N) is 3. The number of thioether (sulfide) groups is 1. The molecule has 1 atom stereocenters. The molecule has 1 amide bonds. The molecule has 0 saturated heterocycles. The lowest BCUT2D eigenvalue weighted by Crippen LogP contribution is -2.36. The molecule has 3 rings (SSSR count). The van der Waals surface area contributed by atoms with Gasteiger partial charge in [0.1, 0.15) is 11.4 Å². The second kappa shape index (κ2) is 7.45. The molecular formula is C19H19N3OS. The summed E-state index contributed by atoms with van der Waals surface area (Å²) in [6.07, 6.45) is 1.55. The van der Waals surface area contributed by atoms with Gasteiger partial charge in [-0.05, 0) is 32.0 Å². The zero-order chi connectivity index (χ0) is 16.9. The lowest BCUT2D eigenvalue weighted by atomic mass is 10.2. The van der Waals surface area contributed by atoms with Crippen molar-refractivity contribution in [1.29, 1.82) is 0 Å². The fraction of sp³-hybridized carbons (Fsp3) is 0.211. The van der Waals surface area contributed by atoms with Gasteiger partial charge >= 0.3 is 0 Å². The van der Waals surface area contributed by atoms with E-state index in [9.17, 15) is 4.79 Å². The number of carbonyl (C=O) groups is 1. The van der Waals surface area contributed by atoms with Crippen LogP contribution in [-0.4, -0.2) is 27.7 Å². The summed E-state index contributed by atoms with van der Waals surface area (Å²) >= 11 is 1.48. The number of para-hydroxylation sites is 2. The highest BCUT2D eigenvalue weighted by atomic mass is 32.2. The molecule has 0 aliphatic rings. The van der Waals surface area contributed by atoms with Crippen LogP contribution in [-0.2, 0) is 4.79 Å². The quantitative estimate of drug-likeness (QED) is 0.518. The number of hydrogen-bond donors (Lipinski definition) is 0. The van der Waals surface area contributed by atoms with Crippen LogP contribution in [0.3, 0.4) is 0 Å². The first-order chi connectivity index (χ1) is 11.7. The number of hydrogen-bond acceptors (Lipinski definition) is 4. The maximum atomic E-state index is 12.9. The second-order valence-electron chi connectivity index (χ2n) is 5.37. The van der Waals surface area contributed by atoms with E-state index >= 15 is 0 Å². The minimum atomic E-state index is -0.233. The van der Waals surface area contributed by atoms with Crippen molar-refractivity contribution in [1.82, 2.24) is 9.97 Å². The molecule has 0 saturated carbocycles. The van der Waals surface area contributed by atoms with Gasteiger partial charge in [0.15, 0.2) is 0 Å². The Labute approximate surface area is 145 Å². The third-order valence-electron chi connectivity index (χ3n) is 3.79. The molecule has 5 heteroatoms. The van der Waals surface area contributed by atoms with Crippen molar-refractivity contribution in [2.45, 2.75) is 24.1 Å². The normalized spacial score (nSPS) is 12.1. The van der Waals surface area contributed by atoms with Crippen LogP contribution in [0.15, 0.2) is 66.0 Å². The van der Waals surface area contributed by atoms with Gasteiger partial charge in [-0.25, -0.2) is 9.97 Å². The summed E-state index contributed by atoms with van der Waals surface area (Å²) in [6.45, 7) is 4.55. The predicted octanol–water partition coefficient (Wildman–Crippen LogP) is 4.16. The van der Waals surface area contributed by atoms with Crippen LogP contribution in [0.4, 0.5) is 5.69 Å². The predicted molar refractivity (Wildman–Crippen MR) is 99.3 cm³/mol. The maximum Gasteiger partial charge on any atom is 0.240 e. The first-order valence-electron chi connectivity index (χ1n) is 7.93. The summed E-state index contributed by atoms with van der Waals surface area (Å²) < 4.78 is 0. The highest BCUT2D eigenvalue weighted by molar-refractivity contribution is 8.00. The maximum absolute atomic E-state index is 12.9. The zero-order valence-electron chi connectivity index (χ0n) is 13.7. The molecule has 4 nitrogen and oxygen atoms in total. The molecule has 0 N–H and O–H groups in total. The topological polar surface area (TPSA) is 46.1 Å². The Bertz CT molecular complexity index is 833. The number of rotatable bonds is 5. The molecule has 24 heavy (non-hydrogen) atoms. The van der Waals surface area contributed by atoms with Crippen LogP contribution >= 0.6 is 11.8 Å². The van der Waals surface area contributed by atoms with Crippen molar-refractivity contribution in [3.63, 3.8) is 0 Å². The van der Waals surface area contributed by atoms with Gasteiger partial charge in [0, 0.05) is 17.6 Å². The summed E-state index contributed by atoms with van der Waals surface area (Å²) in [7, 11) is 0. The first-order valence-corrected chi connectivity index (χ1v) is 8.81. The van der Waals surface area contributed by atoms with Gasteiger partial charge in [-0.1, -0.05) is 48.2 Å². The smallest absolute Gasteiger partial charge is 0.240 e. The lowest BCUT2D eigenvalue weighted by Gasteiger charge is -2.24. The van der Waals surface area contributed by atoms with E-state index in [0.717, 1.165) is 21.6 Å². The summed E-state index contributed by atoms with van der Waals surface area (Å²) in [5.74, 6) is 0.0800. The third-order valence-corrected chi connectivity index (χ3v) is 4.90. The van der Waals surface area contributed by atoms with Crippen molar-refractivity contribution >= 4 is 34.3 Å². The van der Waals surface area contributed by atoms with E-state index < -0.39 is 0 Å². The van der Waals surface area contributed by atoms with Gasteiger partial charge in [0.25, 0.3) is 0 Å².